The fraction of sp³-hybridized carbons (Fsp3) is 0.217. The quantitative estimate of drug-likeness (QED) is 0.549. The number of amides is 1. The van der Waals surface area contributed by atoms with Crippen molar-refractivity contribution in [1.82, 2.24) is 0 Å². The zero-order chi connectivity index (χ0) is 21.6. The Morgan fingerprint density at radius 2 is 1.90 bits per heavy atom. The standard InChI is InChI=1S/C23H19Cl2NO4/c1-13-12-30-14(2)21(13)20(27)10-23(29)17-9-16(24)7-8-19(17)26(22(23)28)11-15-5-3-4-6-18(15)25/h3-9,12,29H,10-11H2,1-2H3/t23-/m0/s1. The summed E-state index contributed by atoms with van der Waals surface area (Å²) in [5, 5.41) is 12.3. The highest BCUT2D eigenvalue weighted by Crippen LogP contribution is 2.45. The average molecular weight is 444 g/mol. The molecule has 0 saturated carbocycles. The maximum atomic E-state index is 13.4. The molecular weight excluding hydrogens is 425 g/mol. The van der Waals surface area contributed by atoms with Gasteiger partial charge in [0, 0.05) is 15.6 Å². The van der Waals surface area contributed by atoms with Gasteiger partial charge >= 0.3 is 0 Å². The van der Waals surface area contributed by atoms with Crippen LogP contribution in [0.2, 0.25) is 10.0 Å². The highest BCUT2D eigenvalue weighted by Gasteiger charge is 2.51. The van der Waals surface area contributed by atoms with Gasteiger partial charge in [-0.05, 0) is 49.2 Å². The van der Waals surface area contributed by atoms with Crippen LogP contribution in [0.3, 0.4) is 0 Å². The third kappa shape index (κ3) is 3.33. The van der Waals surface area contributed by atoms with Gasteiger partial charge in [-0.2, -0.15) is 0 Å². The molecular formula is C23H19Cl2NO4. The van der Waals surface area contributed by atoms with E-state index in [4.69, 9.17) is 27.6 Å². The molecule has 5 nitrogen and oxygen atoms in total. The van der Waals surface area contributed by atoms with Crippen LogP contribution in [0.1, 0.15) is 39.2 Å². The van der Waals surface area contributed by atoms with Crippen molar-refractivity contribution >= 4 is 40.6 Å². The summed E-state index contributed by atoms with van der Waals surface area (Å²) in [6.07, 6.45) is 1.07. The van der Waals surface area contributed by atoms with Crippen molar-refractivity contribution in [2.24, 2.45) is 0 Å². The molecule has 4 rings (SSSR count). The number of halogens is 2. The molecule has 1 aromatic heterocycles. The summed E-state index contributed by atoms with van der Waals surface area (Å²) in [5.41, 5.74) is 0.537. The molecule has 1 N–H and O–H groups in total. The van der Waals surface area contributed by atoms with Crippen LogP contribution >= 0.6 is 23.2 Å². The Labute approximate surface area is 183 Å². The van der Waals surface area contributed by atoms with Gasteiger partial charge in [-0.25, -0.2) is 0 Å². The lowest BCUT2D eigenvalue weighted by atomic mass is 9.87. The van der Waals surface area contributed by atoms with Crippen LogP contribution in [-0.4, -0.2) is 16.8 Å². The van der Waals surface area contributed by atoms with Gasteiger partial charge < -0.3 is 14.4 Å². The van der Waals surface area contributed by atoms with E-state index >= 15 is 0 Å². The lowest BCUT2D eigenvalue weighted by Gasteiger charge is -2.23. The molecule has 1 aliphatic heterocycles. The number of ketones is 1. The van der Waals surface area contributed by atoms with E-state index in [1.54, 1.807) is 38.1 Å². The van der Waals surface area contributed by atoms with E-state index in [1.165, 1.54) is 17.2 Å². The molecule has 1 amide bonds. The van der Waals surface area contributed by atoms with Crippen molar-refractivity contribution in [1.29, 1.82) is 0 Å². The van der Waals surface area contributed by atoms with Crippen LogP contribution in [0.5, 0.6) is 0 Å². The minimum Gasteiger partial charge on any atom is -0.469 e. The smallest absolute Gasteiger partial charge is 0.264 e. The molecule has 0 saturated heterocycles. The Bertz CT molecular complexity index is 1150. The van der Waals surface area contributed by atoms with Gasteiger partial charge in [-0.15, -0.1) is 0 Å². The maximum absolute atomic E-state index is 13.4. The highest BCUT2D eigenvalue weighted by atomic mass is 35.5. The van der Waals surface area contributed by atoms with E-state index in [1.807, 2.05) is 12.1 Å². The summed E-state index contributed by atoms with van der Waals surface area (Å²) in [5.74, 6) is -0.516. The number of fused-ring (bicyclic) bond motifs is 1. The number of rotatable bonds is 5. The van der Waals surface area contributed by atoms with Crippen LogP contribution in [0.15, 0.2) is 53.1 Å². The first-order chi connectivity index (χ1) is 14.2. The summed E-state index contributed by atoms with van der Waals surface area (Å²) in [6.45, 7) is 3.58. The van der Waals surface area contributed by atoms with Gasteiger partial charge in [-0.3, -0.25) is 9.59 Å². The molecule has 3 aromatic rings. The largest absolute Gasteiger partial charge is 0.469 e. The summed E-state index contributed by atoms with van der Waals surface area (Å²) in [6, 6.07) is 12.0. The zero-order valence-corrected chi connectivity index (χ0v) is 17.9. The number of furan rings is 1. The highest BCUT2D eigenvalue weighted by molar-refractivity contribution is 6.31. The third-order valence-corrected chi connectivity index (χ3v) is 6.04. The predicted molar refractivity (Wildman–Crippen MR) is 115 cm³/mol. The number of aliphatic hydroxyl groups is 1. The van der Waals surface area contributed by atoms with Gasteiger partial charge in [-0.1, -0.05) is 41.4 Å². The van der Waals surface area contributed by atoms with Crippen LogP contribution in [0, 0.1) is 13.8 Å². The molecule has 1 aliphatic rings. The summed E-state index contributed by atoms with van der Waals surface area (Å²) in [4.78, 5) is 27.9. The fourth-order valence-electron chi connectivity index (χ4n) is 3.96. The number of aryl methyl sites for hydroxylation is 2. The molecule has 2 heterocycles. The predicted octanol–water partition coefficient (Wildman–Crippen LogP) is 5.21. The summed E-state index contributed by atoms with van der Waals surface area (Å²) >= 11 is 12.4. The van der Waals surface area contributed by atoms with Crippen molar-refractivity contribution in [3.8, 4) is 0 Å². The first-order valence-electron chi connectivity index (χ1n) is 9.38. The van der Waals surface area contributed by atoms with Gasteiger partial charge in [0.2, 0.25) is 0 Å². The van der Waals surface area contributed by atoms with Crippen LogP contribution in [0.4, 0.5) is 5.69 Å². The van der Waals surface area contributed by atoms with Crippen molar-refractivity contribution in [2.75, 3.05) is 4.90 Å². The fourth-order valence-corrected chi connectivity index (χ4v) is 4.32. The van der Waals surface area contributed by atoms with Gasteiger partial charge in [0.1, 0.15) is 5.76 Å². The number of anilines is 1. The molecule has 154 valence electrons. The number of carbonyl (C=O) groups is 2. The zero-order valence-electron chi connectivity index (χ0n) is 16.4. The van der Waals surface area contributed by atoms with Crippen LogP contribution in [0.25, 0.3) is 0 Å². The van der Waals surface area contributed by atoms with Gasteiger partial charge in [0.15, 0.2) is 11.4 Å². The van der Waals surface area contributed by atoms with Crippen LogP contribution < -0.4 is 4.90 Å². The minimum atomic E-state index is -2.03. The Morgan fingerprint density at radius 3 is 2.57 bits per heavy atom. The lowest BCUT2D eigenvalue weighted by molar-refractivity contribution is -0.136. The van der Waals surface area contributed by atoms with E-state index in [-0.39, 0.29) is 12.3 Å². The lowest BCUT2D eigenvalue weighted by Crippen LogP contribution is -2.41. The van der Waals surface area contributed by atoms with E-state index in [2.05, 4.69) is 0 Å². The number of hydrogen-bond donors (Lipinski definition) is 1. The Balaban J connectivity index is 1.75. The Hall–Kier alpha value is -2.60. The van der Waals surface area contributed by atoms with Gasteiger partial charge in [0.05, 0.1) is 30.5 Å². The van der Waals surface area contributed by atoms with E-state index in [9.17, 15) is 14.7 Å². The van der Waals surface area contributed by atoms with Crippen LogP contribution in [-0.2, 0) is 16.9 Å². The average Bonchev–Trinajstić information content (AvgIpc) is 3.13. The number of hydrogen-bond acceptors (Lipinski definition) is 4. The molecule has 0 spiro atoms. The van der Waals surface area contributed by atoms with E-state index in [0.717, 1.165) is 5.56 Å². The summed E-state index contributed by atoms with van der Waals surface area (Å²) in [7, 11) is 0. The molecule has 0 aliphatic carbocycles. The molecule has 30 heavy (non-hydrogen) atoms. The molecule has 2 aromatic carbocycles. The number of benzene rings is 2. The Kier molecular flexibility index (Phi) is 5.22. The van der Waals surface area contributed by atoms with Crippen molar-refractivity contribution in [3.05, 3.63) is 86.8 Å². The van der Waals surface area contributed by atoms with E-state index in [0.29, 0.717) is 38.2 Å². The number of nitrogens with zero attached hydrogens (tertiary/aromatic N) is 1. The minimum absolute atomic E-state index is 0.160. The van der Waals surface area contributed by atoms with Crippen molar-refractivity contribution < 1.29 is 19.1 Å². The van der Waals surface area contributed by atoms with E-state index < -0.39 is 17.9 Å². The Morgan fingerprint density at radius 1 is 1.17 bits per heavy atom. The topological polar surface area (TPSA) is 70.7 Å². The first-order valence-corrected chi connectivity index (χ1v) is 10.1. The second-order valence-corrected chi connectivity index (χ2v) is 8.30. The molecule has 0 bridgehead atoms. The molecule has 0 fully saturated rings. The number of carbonyl (C=O) groups excluding carboxylic acids is 2. The first kappa shape index (κ1) is 20.7. The monoisotopic (exact) mass is 443 g/mol. The SMILES string of the molecule is Cc1coc(C)c1C(=O)C[C@@]1(O)C(=O)N(Cc2ccccc2Cl)c2ccc(Cl)cc21. The third-order valence-electron chi connectivity index (χ3n) is 5.43. The molecule has 7 heteroatoms. The molecule has 0 radical (unpaired) electrons. The molecule has 1 atom stereocenters. The van der Waals surface area contributed by atoms with Crippen molar-refractivity contribution in [3.63, 3.8) is 0 Å². The van der Waals surface area contributed by atoms with Crippen molar-refractivity contribution in [2.45, 2.75) is 32.4 Å². The normalized spacial score (nSPS) is 18.0. The maximum Gasteiger partial charge on any atom is 0.264 e. The number of Topliss-reactive ketones (excluding diaryl/α,β-unsaturated/α-hetero) is 1. The molecule has 0 unspecified atom stereocenters. The second kappa shape index (κ2) is 7.58. The summed E-state index contributed by atoms with van der Waals surface area (Å²) < 4.78 is 5.31. The second-order valence-electron chi connectivity index (χ2n) is 7.45. The van der Waals surface area contributed by atoms with Gasteiger partial charge in [0.25, 0.3) is 5.91 Å².